The van der Waals surface area contributed by atoms with Crippen molar-refractivity contribution in [3.63, 3.8) is 0 Å². The van der Waals surface area contributed by atoms with Crippen LogP contribution >= 0.6 is 0 Å². The first-order valence-corrected chi connectivity index (χ1v) is 5.83. The van der Waals surface area contributed by atoms with Crippen LogP contribution in [0.4, 0.5) is 4.79 Å². The molecule has 0 saturated heterocycles. The average Bonchev–Trinajstić information content (AvgIpc) is 2.59. The second-order valence-corrected chi connectivity index (χ2v) is 4.26. The highest BCUT2D eigenvalue weighted by Gasteiger charge is 2.32. The number of nitrogens with one attached hydrogen (secondary N) is 1. The minimum atomic E-state index is -0.644. The van der Waals surface area contributed by atoms with Gasteiger partial charge in [0.15, 0.2) is 0 Å². The van der Waals surface area contributed by atoms with Gasteiger partial charge in [0.2, 0.25) is 0 Å². The Bertz CT molecular complexity index is 431. The van der Waals surface area contributed by atoms with Gasteiger partial charge in [-0.3, -0.25) is 0 Å². The van der Waals surface area contributed by atoms with Crippen molar-refractivity contribution in [1.82, 2.24) is 5.32 Å². The molecule has 2 rings (SSSR count). The molecule has 2 N–H and O–H groups in total. The van der Waals surface area contributed by atoms with E-state index in [-0.39, 0.29) is 6.04 Å². The summed E-state index contributed by atoms with van der Waals surface area (Å²) >= 11 is 0. The van der Waals surface area contributed by atoms with Crippen LogP contribution in [0.2, 0.25) is 0 Å². The zero-order valence-corrected chi connectivity index (χ0v) is 10.1. The minimum absolute atomic E-state index is 0.287. The molecule has 0 aliphatic heterocycles. The number of aliphatic hydroxyl groups is 1. The van der Waals surface area contributed by atoms with Crippen molar-refractivity contribution in [3.8, 4) is 0 Å². The van der Waals surface area contributed by atoms with Crippen molar-refractivity contribution in [2.45, 2.75) is 32.4 Å². The Morgan fingerprint density at radius 2 is 2.35 bits per heavy atom. The number of carbonyl (C=O) groups is 1. The molecule has 2 unspecified atom stereocenters. The van der Waals surface area contributed by atoms with Crippen molar-refractivity contribution in [1.29, 1.82) is 0 Å². The summed E-state index contributed by atoms with van der Waals surface area (Å²) in [4.78, 5) is 11.3. The number of rotatable bonds is 2. The highest BCUT2D eigenvalue weighted by Crippen LogP contribution is 2.33. The Hall–Kier alpha value is -1.55. The summed E-state index contributed by atoms with van der Waals surface area (Å²) in [6.45, 7) is 4.10. The molecule has 1 amide bonds. The fourth-order valence-corrected chi connectivity index (χ4v) is 2.28. The Balaban J connectivity index is 2.12. The first-order chi connectivity index (χ1) is 8.13. The standard InChI is InChI=1S/C13H17NO3/c1-3-17-13(16)14-11-7-10-8(2)5-4-6-9(10)12(11)15/h4-6,11-12,15H,3,7H2,1-2H3,(H,14,16). The van der Waals surface area contributed by atoms with Gasteiger partial charge in [-0.05, 0) is 37.0 Å². The Morgan fingerprint density at radius 1 is 1.59 bits per heavy atom. The number of amides is 1. The zero-order valence-electron chi connectivity index (χ0n) is 10.1. The molecule has 4 nitrogen and oxygen atoms in total. The van der Waals surface area contributed by atoms with E-state index >= 15 is 0 Å². The third kappa shape index (κ3) is 2.26. The van der Waals surface area contributed by atoms with Gasteiger partial charge in [-0.15, -0.1) is 0 Å². The molecule has 1 aliphatic carbocycles. The Labute approximate surface area is 101 Å². The van der Waals surface area contributed by atoms with E-state index in [9.17, 15) is 9.90 Å². The van der Waals surface area contributed by atoms with Crippen LogP contribution in [0.5, 0.6) is 0 Å². The Kier molecular flexibility index (Phi) is 3.33. The van der Waals surface area contributed by atoms with E-state index < -0.39 is 12.2 Å². The van der Waals surface area contributed by atoms with Gasteiger partial charge in [-0.25, -0.2) is 4.79 Å². The number of carbonyl (C=O) groups excluding carboxylic acids is 1. The van der Waals surface area contributed by atoms with Crippen LogP contribution in [0, 0.1) is 6.92 Å². The number of benzene rings is 1. The lowest BCUT2D eigenvalue weighted by atomic mass is 10.0. The van der Waals surface area contributed by atoms with Crippen LogP contribution in [0.3, 0.4) is 0 Å². The number of hydrogen-bond acceptors (Lipinski definition) is 3. The van der Waals surface area contributed by atoms with Crippen molar-refractivity contribution in [3.05, 3.63) is 34.9 Å². The van der Waals surface area contributed by atoms with E-state index in [0.29, 0.717) is 13.0 Å². The van der Waals surface area contributed by atoms with E-state index in [4.69, 9.17) is 4.74 Å². The highest BCUT2D eigenvalue weighted by atomic mass is 16.5. The fraction of sp³-hybridized carbons (Fsp3) is 0.462. The lowest BCUT2D eigenvalue weighted by molar-refractivity contribution is 0.115. The first-order valence-electron chi connectivity index (χ1n) is 5.83. The molecule has 0 spiro atoms. The predicted octanol–water partition coefficient (Wildman–Crippen LogP) is 1.70. The topological polar surface area (TPSA) is 58.6 Å². The SMILES string of the molecule is CCOC(=O)NC1Cc2c(C)cccc2C1O. The normalized spacial score (nSPS) is 22.1. The van der Waals surface area contributed by atoms with Crippen LogP contribution in [0.25, 0.3) is 0 Å². The lowest BCUT2D eigenvalue weighted by Gasteiger charge is -2.16. The third-order valence-electron chi connectivity index (χ3n) is 3.15. The molecule has 0 aromatic heterocycles. The van der Waals surface area contributed by atoms with Crippen LogP contribution < -0.4 is 5.32 Å². The van der Waals surface area contributed by atoms with Gasteiger partial charge < -0.3 is 15.2 Å². The molecule has 0 saturated carbocycles. The second-order valence-electron chi connectivity index (χ2n) is 4.26. The van der Waals surface area contributed by atoms with E-state index in [1.165, 1.54) is 0 Å². The van der Waals surface area contributed by atoms with Crippen molar-refractivity contribution < 1.29 is 14.6 Å². The van der Waals surface area contributed by atoms with E-state index in [1.807, 2.05) is 25.1 Å². The van der Waals surface area contributed by atoms with E-state index in [0.717, 1.165) is 16.7 Å². The number of aliphatic hydroxyl groups excluding tert-OH is 1. The summed E-state index contributed by atoms with van der Waals surface area (Å²) in [5, 5.41) is 12.8. The monoisotopic (exact) mass is 235 g/mol. The fourth-order valence-electron chi connectivity index (χ4n) is 2.28. The van der Waals surface area contributed by atoms with Gasteiger partial charge in [0.1, 0.15) is 0 Å². The van der Waals surface area contributed by atoms with Gasteiger partial charge >= 0.3 is 6.09 Å². The molecule has 0 fully saturated rings. The molecular formula is C13H17NO3. The van der Waals surface area contributed by atoms with Crippen molar-refractivity contribution in [2.24, 2.45) is 0 Å². The summed E-state index contributed by atoms with van der Waals surface area (Å²) in [6.07, 6.45) is -0.460. The number of ether oxygens (including phenoxy) is 1. The maximum Gasteiger partial charge on any atom is 0.407 e. The van der Waals surface area contributed by atoms with Crippen LogP contribution in [0.15, 0.2) is 18.2 Å². The van der Waals surface area contributed by atoms with Gasteiger partial charge in [-0.2, -0.15) is 0 Å². The molecule has 4 heteroatoms. The molecule has 1 aromatic carbocycles. The lowest BCUT2D eigenvalue weighted by Crippen LogP contribution is -2.38. The summed E-state index contributed by atoms with van der Waals surface area (Å²) in [6, 6.07) is 5.55. The number of fused-ring (bicyclic) bond motifs is 1. The van der Waals surface area contributed by atoms with Crippen molar-refractivity contribution >= 4 is 6.09 Å². The van der Waals surface area contributed by atoms with E-state index in [2.05, 4.69) is 5.32 Å². The molecule has 2 atom stereocenters. The summed E-state index contributed by atoms with van der Waals surface area (Å²) in [7, 11) is 0. The van der Waals surface area contributed by atoms with Gasteiger partial charge in [0.05, 0.1) is 18.8 Å². The van der Waals surface area contributed by atoms with E-state index in [1.54, 1.807) is 6.92 Å². The third-order valence-corrected chi connectivity index (χ3v) is 3.15. The smallest absolute Gasteiger partial charge is 0.407 e. The second kappa shape index (κ2) is 4.75. The van der Waals surface area contributed by atoms with Crippen molar-refractivity contribution in [2.75, 3.05) is 6.61 Å². The maximum absolute atomic E-state index is 11.3. The minimum Gasteiger partial charge on any atom is -0.450 e. The summed E-state index contributed by atoms with van der Waals surface area (Å²) in [5.74, 6) is 0. The average molecular weight is 235 g/mol. The molecule has 17 heavy (non-hydrogen) atoms. The maximum atomic E-state index is 11.3. The summed E-state index contributed by atoms with van der Waals surface area (Å²) < 4.78 is 4.82. The highest BCUT2D eigenvalue weighted by molar-refractivity contribution is 5.68. The van der Waals surface area contributed by atoms with Gasteiger partial charge in [-0.1, -0.05) is 18.2 Å². The van der Waals surface area contributed by atoms with Crippen LogP contribution in [0.1, 0.15) is 29.7 Å². The Morgan fingerprint density at radius 3 is 3.00 bits per heavy atom. The molecular weight excluding hydrogens is 218 g/mol. The molecule has 92 valence electrons. The molecule has 0 bridgehead atoms. The first kappa shape index (κ1) is 11.9. The zero-order chi connectivity index (χ0) is 12.4. The number of aryl methyl sites for hydroxylation is 1. The van der Waals surface area contributed by atoms with Crippen LogP contribution in [-0.2, 0) is 11.2 Å². The number of alkyl carbamates (subject to hydrolysis) is 1. The predicted molar refractivity (Wildman–Crippen MR) is 63.8 cm³/mol. The molecule has 1 aliphatic rings. The molecule has 1 aromatic rings. The summed E-state index contributed by atoms with van der Waals surface area (Å²) in [5.41, 5.74) is 3.18. The van der Waals surface area contributed by atoms with Crippen LogP contribution in [-0.4, -0.2) is 23.8 Å². The number of hydrogen-bond donors (Lipinski definition) is 2. The molecule has 0 radical (unpaired) electrons. The van der Waals surface area contributed by atoms with Gasteiger partial charge in [0, 0.05) is 0 Å². The largest absolute Gasteiger partial charge is 0.450 e. The quantitative estimate of drug-likeness (QED) is 0.820. The molecule has 0 heterocycles. The van der Waals surface area contributed by atoms with Gasteiger partial charge in [0.25, 0.3) is 0 Å².